The number of nitrogens with two attached hydrogens (primary N) is 1. The van der Waals surface area contributed by atoms with Crippen molar-refractivity contribution >= 4 is 11.9 Å². The third-order valence-corrected chi connectivity index (χ3v) is 2.08. The normalized spacial score (nSPS) is 25.6. The molecule has 6 heteroatoms. The Bertz CT molecular complexity index is 244. The van der Waals surface area contributed by atoms with Crippen molar-refractivity contribution in [1.29, 1.82) is 0 Å². The Morgan fingerprint density at radius 2 is 2.50 bits per heavy atom. The Hall–Kier alpha value is -1.14. The molecule has 1 rings (SSSR count). The number of carboxylic acids is 1. The lowest BCUT2D eigenvalue weighted by Gasteiger charge is -2.31. The molecule has 1 aliphatic heterocycles. The van der Waals surface area contributed by atoms with Gasteiger partial charge in [0, 0.05) is 19.1 Å². The Kier molecular flexibility index (Phi) is 3.43. The molecule has 0 saturated carbocycles. The van der Waals surface area contributed by atoms with E-state index in [1.807, 2.05) is 6.92 Å². The number of carbonyl (C=O) groups excluding carboxylic acids is 1. The zero-order valence-corrected chi connectivity index (χ0v) is 8.06. The average molecular weight is 201 g/mol. The SMILES string of the molecule is CC1CN(CC(N)C(=O)O)CC(=O)N1. The first-order valence-corrected chi connectivity index (χ1v) is 4.49. The lowest BCUT2D eigenvalue weighted by Crippen LogP contribution is -2.56. The van der Waals surface area contributed by atoms with E-state index in [9.17, 15) is 9.59 Å². The predicted molar refractivity (Wildman–Crippen MR) is 49.7 cm³/mol. The standard InChI is InChI=1S/C8H15N3O3/c1-5-2-11(4-7(12)10-5)3-6(9)8(13)14/h5-6H,2-4,9H2,1H3,(H,10,12)(H,13,14). The van der Waals surface area contributed by atoms with Gasteiger partial charge in [0.25, 0.3) is 0 Å². The minimum Gasteiger partial charge on any atom is -0.480 e. The molecule has 4 N–H and O–H groups in total. The van der Waals surface area contributed by atoms with Crippen LogP contribution in [0.3, 0.4) is 0 Å². The molecule has 0 aromatic heterocycles. The molecule has 0 aromatic carbocycles. The number of rotatable bonds is 3. The largest absolute Gasteiger partial charge is 0.480 e. The molecule has 0 spiro atoms. The molecule has 1 heterocycles. The summed E-state index contributed by atoms with van der Waals surface area (Å²) in [6.07, 6.45) is 0. The number of nitrogens with zero attached hydrogens (tertiary/aromatic N) is 1. The average Bonchev–Trinajstić information content (AvgIpc) is 2.01. The summed E-state index contributed by atoms with van der Waals surface area (Å²) >= 11 is 0. The fraction of sp³-hybridized carbons (Fsp3) is 0.750. The van der Waals surface area contributed by atoms with Gasteiger partial charge in [-0.15, -0.1) is 0 Å². The minimum atomic E-state index is -1.04. The van der Waals surface area contributed by atoms with E-state index in [-0.39, 0.29) is 25.0 Å². The first-order valence-electron chi connectivity index (χ1n) is 4.49. The van der Waals surface area contributed by atoms with E-state index in [0.717, 1.165) is 0 Å². The lowest BCUT2D eigenvalue weighted by molar-refractivity contribution is -0.139. The van der Waals surface area contributed by atoms with E-state index in [1.54, 1.807) is 4.90 Å². The van der Waals surface area contributed by atoms with Gasteiger partial charge >= 0.3 is 5.97 Å². The van der Waals surface area contributed by atoms with E-state index in [2.05, 4.69) is 5.32 Å². The molecule has 80 valence electrons. The van der Waals surface area contributed by atoms with Gasteiger partial charge in [-0.05, 0) is 6.92 Å². The maximum Gasteiger partial charge on any atom is 0.321 e. The summed E-state index contributed by atoms with van der Waals surface area (Å²) in [6.45, 7) is 2.96. The predicted octanol–water partition coefficient (Wildman–Crippen LogP) is -1.78. The summed E-state index contributed by atoms with van der Waals surface area (Å²) in [5.41, 5.74) is 5.37. The Morgan fingerprint density at radius 1 is 1.86 bits per heavy atom. The first kappa shape index (κ1) is 10.9. The van der Waals surface area contributed by atoms with Crippen LogP contribution in [-0.2, 0) is 9.59 Å². The van der Waals surface area contributed by atoms with Gasteiger partial charge in [0.15, 0.2) is 0 Å². The molecule has 0 bridgehead atoms. The molecular formula is C8H15N3O3. The van der Waals surface area contributed by atoms with E-state index >= 15 is 0 Å². The first-order chi connectivity index (χ1) is 6.49. The number of aliphatic carboxylic acids is 1. The summed E-state index contributed by atoms with van der Waals surface area (Å²) in [5, 5.41) is 11.3. The zero-order valence-electron chi connectivity index (χ0n) is 8.06. The summed E-state index contributed by atoms with van der Waals surface area (Å²) in [5.74, 6) is -1.12. The molecule has 0 aromatic rings. The van der Waals surface area contributed by atoms with Crippen LogP contribution >= 0.6 is 0 Å². The maximum atomic E-state index is 11.1. The molecule has 1 fully saturated rings. The van der Waals surface area contributed by atoms with E-state index in [4.69, 9.17) is 10.8 Å². The van der Waals surface area contributed by atoms with Gasteiger partial charge < -0.3 is 16.2 Å². The number of carbonyl (C=O) groups is 2. The van der Waals surface area contributed by atoms with E-state index < -0.39 is 12.0 Å². The summed E-state index contributed by atoms with van der Waals surface area (Å²) < 4.78 is 0. The highest BCUT2D eigenvalue weighted by atomic mass is 16.4. The van der Waals surface area contributed by atoms with Gasteiger partial charge in [0.2, 0.25) is 5.91 Å². The van der Waals surface area contributed by atoms with E-state index in [1.165, 1.54) is 0 Å². The highest BCUT2D eigenvalue weighted by Crippen LogP contribution is 2.00. The van der Waals surface area contributed by atoms with Crippen molar-refractivity contribution in [2.75, 3.05) is 19.6 Å². The Labute approximate surface area is 82.1 Å². The smallest absolute Gasteiger partial charge is 0.321 e. The lowest BCUT2D eigenvalue weighted by atomic mass is 10.2. The van der Waals surface area contributed by atoms with Gasteiger partial charge in [-0.2, -0.15) is 0 Å². The zero-order chi connectivity index (χ0) is 10.7. The third-order valence-electron chi connectivity index (χ3n) is 2.08. The second-order valence-electron chi connectivity index (χ2n) is 3.61. The van der Waals surface area contributed by atoms with Gasteiger partial charge in [0.05, 0.1) is 6.54 Å². The Morgan fingerprint density at radius 3 is 3.00 bits per heavy atom. The van der Waals surface area contributed by atoms with Crippen LogP contribution in [0, 0.1) is 0 Å². The van der Waals surface area contributed by atoms with Crippen molar-refractivity contribution in [3.8, 4) is 0 Å². The fourth-order valence-corrected chi connectivity index (χ4v) is 1.52. The van der Waals surface area contributed by atoms with Crippen molar-refractivity contribution < 1.29 is 14.7 Å². The molecule has 2 unspecified atom stereocenters. The molecule has 0 radical (unpaired) electrons. The van der Waals surface area contributed by atoms with Crippen LogP contribution in [0.25, 0.3) is 0 Å². The van der Waals surface area contributed by atoms with Crippen molar-refractivity contribution in [3.63, 3.8) is 0 Å². The number of hydrogen-bond donors (Lipinski definition) is 3. The van der Waals surface area contributed by atoms with Crippen molar-refractivity contribution in [3.05, 3.63) is 0 Å². The molecule has 2 atom stereocenters. The number of carboxylic acid groups (broad SMARTS) is 1. The van der Waals surface area contributed by atoms with Crippen LogP contribution < -0.4 is 11.1 Å². The van der Waals surface area contributed by atoms with Gasteiger partial charge in [-0.1, -0.05) is 0 Å². The Balaban J connectivity index is 2.44. The molecule has 1 amide bonds. The van der Waals surface area contributed by atoms with Crippen molar-refractivity contribution in [2.24, 2.45) is 5.73 Å². The highest BCUT2D eigenvalue weighted by molar-refractivity contribution is 5.79. The molecule has 1 saturated heterocycles. The topological polar surface area (TPSA) is 95.7 Å². The van der Waals surface area contributed by atoms with Crippen LogP contribution in [0.5, 0.6) is 0 Å². The van der Waals surface area contributed by atoms with Crippen LogP contribution in [0.2, 0.25) is 0 Å². The highest BCUT2D eigenvalue weighted by Gasteiger charge is 2.24. The van der Waals surface area contributed by atoms with Gasteiger partial charge in [-0.3, -0.25) is 14.5 Å². The number of hydrogen-bond acceptors (Lipinski definition) is 4. The number of nitrogens with one attached hydrogen (secondary N) is 1. The minimum absolute atomic E-state index is 0.0530. The molecular weight excluding hydrogens is 186 g/mol. The van der Waals surface area contributed by atoms with Crippen LogP contribution in [0.4, 0.5) is 0 Å². The quantitative estimate of drug-likeness (QED) is 0.501. The van der Waals surface area contributed by atoms with Crippen LogP contribution in [-0.4, -0.2) is 53.6 Å². The number of piperazine rings is 1. The third kappa shape index (κ3) is 2.97. The second-order valence-corrected chi connectivity index (χ2v) is 3.61. The van der Waals surface area contributed by atoms with Crippen molar-refractivity contribution in [1.82, 2.24) is 10.2 Å². The maximum absolute atomic E-state index is 11.1. The van der Waals surface area contributed by atoms with Crippen LogP contribution in [0.1, 0.15) is 6.92 Å². The molecule has 0 aliphatic carbocycles. The van der Waals surface area contributed by atoms with Crippen LogP contribution in [0.15, 0.2) is 0 Å². The molecule has 6 nitrogen and oxygen atoms in total. The fourth-order valence-electron chi connectivity index (χ4n) is 1.52. The second kappa shape index (κ2) is 4.39. The van der Waals surface area contributed by atoms with Gasteiger partial charge in [0.1, 0.15) is 6.04 Å². The molecule has 14 heavy (non-hydrogen) atoms. The summed E-state index contributed by atoms with van der Waals surface area (Å²) in [7, 11) is 0. The summed E-state index contributed by atoms with van der Waals surface area (Å²) in [6, 6.07) is -0.870. The van der Waals surface area contributed by atoms with Gasteiger partial charge in [-0.25, -0.2) is 0 Å². The molecule has 1 aliphatic rings. The van der Waals surface area contributed by atoms with E-state index in [0.29, 0.717) is 6.54 Å². The summed E-state index contributed by atoms with van der Waals surface area (Å²) in [4.78, 5) is 23.3. The number of amides is 1. The van der Waals surface area contributed by atoms with Crippen molar-refractivity contribution in [2.45, 2.75) is 19.0 Å². The monoisotopic (exact) mass is 201 g/mol.